The summed E-state index contributed by atoms with van der Waals surface area (Å²) in [5.74, 6) is 0. The molecule has 0 saturated carbocycles. The Morgan fingerprint density at radius 3 is 1.15 bits per heavy atom. The van der Waals surface area contributed by atoms with Crippen molar-refractivity contribution in [2.75, 3.05) is 0 Å². The molecule has 0 heterocycles. The summed E-state index contributed by atoms with van der Waals surface area (Å²) in [6.07, 6.45) is 5.90. The highest BCUT2D eigenvalue weighted by molar-refractivity contribution is 5.98. The van der Waals surface area contributed by atoms with Crippen molar-refractivity contribution >= 4 is 21.5 Å². The van der Waals surface area contributed by atoms with Crippen LogP contribution in [0, 0.1) is 0 Å². The fraction of sp³-hybridized carbons (Fsp3) is 0.100. The summed E-state index contributed by atoms with van der Waals surface area (Å²) in [4.78, 5) is 0. The molecule has 0 nitrogen and oxygen atoms in total. The SMILES string of the molecule is C=CCCC=C.c1ccc2cc3ccccc3cc2c1. The van der Waals surface area contributed by atoms with E-state index in [2.05, 4.69) is 73.8 Å². The van der Waals surface area contributed by atoms with E-state index in [1.165, 1.54) is 21.5 Å². The molecule has 0 aliphatic carbocycles. The molecule has 0 aromatic heterocycles. The van der Waals surface area contributed by atoms with E-state index in [-0.39, 0.29) is 0 Å². The highest BCUT2D eigenvalue weighted by Gasteiger charge is 1.95. The Labute approximate surface area is 121 Å². The minimum atomic E-state index is 1.06. The predicted molar refractivity (Wildman–Crippen MR) is 91.1 cm³/mol. The molecule has 0 bridgehead atoms. The number of benzene rings is 3. The number of rotatable bonds is 3. The second-order valence-electron chi connectivity index (χ2n) is 4.70. The Hall–Kier alpha value is -2.34. The van der Waals surface area contributed by atoms with Crippen LogP contribution in [0.4, 0.5) is 0 Å². The van der Waals surface area contributed by atoms with Gasteiger partial charge in [0, 0.05) is 0 Å². The van der Waals surface area contributed by atoms with E-state index in [1.807, 2.05) is 12.2 Å². The Kier molecular flexibility index (Phi) is 5.14. The fourth-order valence-corrected chi connectivity index (χ4v) is 2.12. The number of hydrogen-bond donors (Lipinski definition) is 0. The highest BCUT2D eigenvalue weighted by atomic mass is 14.0. The summed E-state index contributed by atoms with van der Waals surface area (Å²) in [5.41, 5.74) is 0. The van der Waals surface area contributed by atoms with Gasteiger partial charge in [-0.25, -0.2) is 0 Å². The standard InChI is InChI=1S/C14H10.C6H10/c1-2-6-12-10-14-8-4-3-7-13(14)9-11(12)5-1;1-3-5-6-4-2/h1-10H;3-4H,1-2,5-6H2. The van der Waals surface area contributed by atoms with E-state index in [4.69, 9.17) is 0 Å². The van der Waals surface area contributed by atoms with Crippen LogP contribution in [0.5, 0.6) is 0 Å². The van der Waals surface area contributed by atoms with Gasteiger partial charge in [-0.15, -0.1) is 13.2 Å². The molecule has 0 atom stereocenters. The maximum Gasteiger partial charge on any atom is -0.0178 e. The second-order valence-corrected chi connectivity index (χ2v) is 4.70. The first kappa shape index (κ1) is 14.1. The number of allylic oxidation sites excluding steroid dienone is 2. The molecule has 20 heavy (non-hydrogen) atoms. The molecule has 0 radical (unpaired) electrons. The molecule has 0 aliphatic heterocycles. The quantitative estimate of drug-likeness (QED) is 0.302. The third-order valence-electron chi connectivity index (χ3n) is 3.19. The van der Waals surface area contributed by atoms with Gasteiger partial charge in [-0.05, 0) is 46.5 Å². The molecular formula is C20H20. The molecule has 0 N–H and O–H groups in total. The van der Waals surface area contributed by atoms with Crippen molar-refractivity contribution in [2.24, 2.45) is 0 Å². The van der Waals surface area contributed by atoms with Crippen LogP contribution in [0.25, 0.3) is 21.5 Å². The molecule has 3 rings (SSSR count). The van der Waals surface area contributed by atoms with Crippen molar-refractivity contribution in [1.29, 1.82) is 0 Å². The summed E-state index contributed by atoms with van der Waals surface area (Å²) < 4.78 is 0. The Morgan fingerprint density at radius 1 is 0.600 bits per heavy atom. The summed E-state index contributed by atoms with van der Waals surface area (Å²) >= 11 is 0. The number of fused-ring (bicyclic) bond motifs is 2. The first-order valence-corrected chi connectivity index (χ1v) is 6.94. The van der Waals surface area contributed by atoms with E-state index >= 15 is 0 Å². The first-order chi connectivity index (χ1) is 9.85. The van der Waals surface area contributed by atoms with Gasteiger partial charge in [-0.1, -0.05) is 60.7 Å². The monoisotopic (exact) mass is 260 g/mol. The largest absolute Gasteiger partial charge is 0.103 e. The Bertz CT molecular complexity index is 594. The van der Waals surface area contributed by atoms with Crippen molar-refractivity contribution in [1.82, 2.24) is 0 Å². The molecule has 0 fully saturated rings. The van der Waals surface area contributed by atoms with Gasteiger partial charge in [0.15, 0.2) is 0 Å². The summed E-state index contributed by atoms with van der Waals surface area (Å²) in [6, 6.07) is 21.4. The molecule has 100 valence electrons. The lowest BCUT2D eigenvalue weighted by molar-refractivity contribution is 1.06. The normalized spacial score (nSPS) is 9.80. The van der Waals surface area contributed by atoms with E-state index < -0.39 is 0 Å². The maximum atomic E-state index is 3.55. The average Bonchev–Trinajstić information content (AvgIpc) is 2.51. The second kappa shape index (κ2) is 7.30. The molecule has 0 saturated heterocycles. The van der Waals surface area contributed by atoms with Crippen molar-refractivity contribution in [3.63, 3.8) is 0 Å². The number of unbranched alkanes of at least 4 members (excludes halogenated alkanes) is 1. The fourth-order valence-electron chi connectivity index (χ4n) is 2.12. The average molecular weight is 260 g/mol. The lowest BCUT2D eigenvalue weighted by atomic mass is 10.0. The van der Waals surface area contributed by atoms with Crippen LogP contribution < -0.4 is 0 Å². The number of hydrogen-bond acceptors (Lipinski definition) is 0. The van der Waals surface area contributed by atoms with Crippen molar-refractivity contribution < 1.29 is 0 Å². The smallest absolute Gasteiger partial charge is 0.0178 e. The molecule has 0 amide bonds. The predicted octanol–water partition coefficient (Wildman–Crippen LogP) is 6.13. The molecular weight excluding hydrogens is 240 g/mol. The molecule has 0 aliphatic rings. The van der Waals surface area contributed by atoms with Crippen LogP contribution in [0.1, 0.15) is 12.8 Å². The van der Waals surface area contributed by atoms with Crippen LogP contribution >= 0.6 is 0 Å². The van der Waals surface area contributed by atoms with E-state index in [9.17, 15) is 0 Å². The zero-order valence-corrected chi connectivity index (χ0v) is 11.8. The molecule has 0 spiro atoms. The zero-order valence-electron chi connectivity index (χ0n) is 11.8. The summed E-state index contributed by atoms with van der Waals surface area (Å²) in [7, 11) is 0. The minimum absolute atomic E-state index is 1.06. The van der Waals surface area contributed by atoms with Gasteiger partial charge in [-0.3, -0.25) is 0 Å². The van der Waals surface area contributed by atoms with Gasteiger partial charge in [0.1, 0.15) is 0 Å². The van der Waals surface area contributed by atoms with Crippen molar-refractivity contribution in [3.05, 3.63) is 86.0 Å². The third-order valence-corrected chi connectivity index (χ3v) is 3.19. The lowest BCUT2D eigenvalue weighted by Gasteiger charge is -2.00. The molecule has 3 aromatic rings. The van der Waals surface area contributed by atoms with Crippen LogP contribution in [-0.2, 0) is 0 Å². The van der Waals surface area contributed by atoms with Crippen LogP contribution in [0.2, 0.25) is 0 Å². The zero-order chi connectivity index (χ0) is 14.2. The maximum absolute atomic E-state index is 3.55. The van der Waals surface area contributed by atoms with Gasteiger partial charge in [0.05, 0.1) is 0 Å². The van der Waals surface area contributed by atoms with Crippen molar-refractivity contribution in [3.8, 4) is 0 Å². The summed E-state index contributed by atoms with van der Waals surface area (Å²) in [5, 5.41) is 5.25. The van der Waals surface area contributed by atoms with Gasteiger partial charge < -0.3 is 0 Å². The van der Waals surface area contributed by atoms with Gasteiger partial charge >= 0.3 is 0 Å². The third kappa shape index (κ3) is 3.58. The minimum Gasteiger partial charge on any atom is -0.103 e. The van der Waals surface area contributed by atoms with E-state index in [1.54, 1.807) is 0 Å². The summed E-state index contributed by atoms with van der Waals surface area (Å²) in [6.45, 7) is 7.10. The Balaban J connectivity index is 0.000000212. The first-order valence-electron chi connectivity index (χ1n) is 6.94. The molecule has 0 heteroatoms. The van der Waals surface area contributed by atoms with Crippen molar-refractivity contribution in [2.45, 2.75) is 12.8 Å². The van der Waals surface area contributed by atoms with Gasteiger partial charge in [-0.2, -0.15) is 0 Å². The van der Waals surface area contributed by atoms with Gasteiger partial charge in [0.2, 0.25) is 0 Å². The topological polar surface area (TPSA) is 0 Å². The highest BCUT2D eigenvalue weighted by Crippen LogP contribution is 2.21. The molecule has 0 unspecified atom stereocenters. The Morgan fingerprint density at radius 2 is 0.900 bits per heavy atom. The van der Waals surface area contributed by atoms with E-state index in [0.717, 1.165) is 12.8 Å². The molecule has 3 aromatic carbocycles. The van der Waals surface area contributed by atoms with Crippen LogP contribution in [0.3, 0.4) is 0 Å². The van der Waals surface area contributed by atoms with Crippen LogP contribution in [0.15, 0.2) is 86.0 Å². The van der Waals surface area contributed by atoms with Gasteiger partial charge in [0.25, 0.3) is 0 Å². The van der Waals surface area contributed by atoms with Crippen LogP contribution in [-0.4, -0.2) is 0 Å². The van der Waals surface area contributed by atoms with E-state index in [0.29, 0.717) is 0 Å². The lowest BCUT2D eigenvalue weighted by Crippen LogP contribution is -1.74.